The maximum atomic E-state index is 9.13. The molecule has 17 heavy (non-hydrogen) atoms. The van der Waals surface area contributed by atoms with Gasteiger partial charge in [0.25, 0.3) is 0 Å². The second-order valence-electron chi connectivity index (χ2n) is 4.33. The Bertz CT molecular complexity index is 150. The summed E-state index contributed by atoms with van der Waals surface area (Å²) in [6, 6.07) is 0. The van der Waals surface area contributed by atoms with Crippen LogP contribution in [0.5, 0.6) is 0 Å². The average molecular weight is 298 g/mol. The summed E-state index contributed by atoms with van der Waals surface area (Å²) in [6.07, 6.45) is 13.2. The number of hydrogen-bond acceptors (Lipinski definition) is 4. The van der Waals surface area contributed by atoms with Gasteiger partial charge in [-0.15, -0.1) is 11.7 Å². The SMILES string of the molecule is CCCCCCCCCCCCOP(O)SS. The summed E-state index contributed by atoms with van der Waals surface area (Å²) in [5, 5.41) is 0. The first-order valence-electron chi connectivity index (χ1n) is 6.74. The number of unbranched alkanes of at least 4 members (excludes halogenated alkanes) is 9. The third-order valence-corrected chi connectivity index (χ3v) is 5.31. The summed E-state index contributed by atoms with van der Waals surface area (Å²) in [4.78, 5) is 9.13. The Morgan fingerprint density at radius 1 is 0.941 bits per heavy atom. The molecule has 0 fully saturated rings. The third-order valence-electron chi connectivity index (χ3n) is 2.77. The summed E-state index contributed by atoms with van der Waals surface area (Å²) >= 11 is 3.89. The maximum absolute atomic E-state index is 9.13. The van der Waals surface area contributed by atoms with Crippen LogP contribution >= 0.6 is 29.7 Å². The van der Waals surface area contributed by atoms with E-state index < -0.39 is 7.58 Å². The van der Waals surface area contributed by atoms with Gasteiger partial charge in [-0.2, -0.15) is 0 Å². The van der Waals surface area contributed by atoms with Crippen LogP contribution in [-0.2, 0) is 4.52 Å². The van der Waals surface area contributed by atoms with Crippen molar-refractivity contribution in [2.75, 3.05) is 6.61 Å². The molecular formula is C12H27O2PS2. The van der Waals surface area contributed by atoms with E-state index in [0.29, 0.717) is 6.61 Å². The quantitative estimate of drug-likeness (QED) is 0.197. The first-order valence-corrected chi connectivity index (χ1v) is 10.4. The summed E-state index contributed by atoms with van der Waals surface area (Å²) in [5.41, 5.74) is 0. The van der Waals surface area contributed by atoms with Crippen molar-refractivity contribution >= 4 is 29.7 Å². The van der Waals surface area contributed by atoms with Gasteiger partial charge in [-0.3, -0.25) is 0 Å². The van der Waals surface area contributed by atoms with Crippen LogP contribution in [0.25, 0.3) is 0 Å². The molecule has 0 saturated carbocycles. The Hall–Kier alpha value is 1.05. The zero-order valence-corrected chi connectivity index (χ0v) is 13.5. The largest absolute Gasteiger partial charge is 0.341 e. The normalized spacial score (nSPS) is 12.9. The van der Waals surface area contributed by atoms with Crippen LogP contribution in [0.4, 0.5) is 0 Å². The van der Waals surface area contributed by atoms with Crippen molar-refractivity contribution in [2.24, 2.45) is 0 Å². The fourth-order valence-corrected chi connectivity index (χ4v) is 2.88. The molecule has 0 amide bonds. The summed E-state index contributed by atoms with van der Waals surface area (Å²) in [5.74, 6) is 0. The predicted molar refractivity (Wildman–Crippen MR) is 83.5 cm³/mol. The summed E-state index contributed by atoms with van der Waals surface area (Å²) < 4.78 is 5.17. The number of thiol groups is 1. The van der Waals surface area contributed by atoms with E-state index in [2.05, 4.69) is 18.6 Å². The van der Waals surface area contributed by atoms with E-state index in [0.717, 1.165) is 16.8 Å². The van der Waals surface area contributed by atoms with Gasteiger partial charge in [0.05, 0.1) is 6.61 Å². The van der Waals surface area contributed by atoms with Crippen molar-refractivity contribution in [3.8, 4) is 0 Å². The van der Waals surface area contributed by atoms with Crippen molar-refractivity contribution < 1.29 is 9.42 Å². The van der Waals surface area contributed by atoms with Gasteiger partial charge in [-0.25, -0.2) is 0 Å². The molecule has 0 aromatic rings. The molecule has 1 atom stereocenters. The van der Waals surface area contributed by atoms with Crippen LogP contribution in [0.2, 0.25) is 0 Å². The van der Waals surface area contributed by atoms with Crippen molar-refractivity contribution in [1.82, 2.24) is 0 Å². The highest BCUT2D eigenvalue weighted by molar-refractivity contribution is 8.92. The molecule has 0 bridgehead atoms. The predicted octanol–water partition coefficient (Wildman–Crippen LogP) is 5.72. The fourth-order valence-electron chi connectivity index (χ4n) is 1.76. The molecule has 0 aliphatic carbocycles. The van der Waals surface area contributed by atoms with Gasteiger partial charge in [-0.1, -0.05) is 64.7 Å². The van der Waals surface area contributed by atoms with Crippen LogP contribution < -0.4 is 0 Å². The van der Waals surface area contributed by atoms with Crippen LogP contribution in [-0.4, -0.2) is 11.5 Å². The second-order valence-corrected chi connectivity index (χ2v) is 8.13. The van der Waals surface area contributed by atoms with Crippen molar-refractivity contribution in [3.05, 3.63) is 0 Å². The van der Waals surface area contributed by atoms with Crippen LogP contribution in [0, 0.1) is 0 Å². The highest BCUT2D eigenvalue weighted by Gasteiger charge is 2.01. The van der Waals surface area contributed by atoms with Crippen molar-refractivity contribution in [1.29, 1.82) is 0 Å². The monoisotopic (exact) mass is 298 g/mol. The lowest BCUT2D eigenvalue weighted by Crippen LogP contribution is -1.88. The van der Waals surface area contributed by atoms with Gasteiger partial charge < -0.3 is 9.42 Å². The number of rotatable bonds is 13. The number of hydrogen-bond donors (Lipinski definition) is 2. The highest BCUT2D eigenvalue weighted by atomic mass is 33.3. The van der Waals surface area contributed by atoms with Gasteiger partial charge in [0, 0.05) is 0 Å². The summed E-state index contributed by atoms with van der Waals surface area (Å²) in [6.45, 7) is 2.93. The molecule has 0 heterocycles. The van der Waals surface area contributed by atoms with E-state index in [4.69, 9.17) is 9.42 Å². The molecular weight excluding hydrogens is 271 g/mol. The standard InChI is InChI=1S/C12H27O2PS2/c1-2-3-4-5-6-7-8-9-10-11-12-14-15(13)17-16/h13,16H,2-12H2,1H3. The van der Waals surface area contributed by atoms with E-state index in [1.165, 1.54) is 57.8 Å². The van der Waals surface area contributed by atoms with Gasteiger partial charge in [0.1, 0.15) is 0 Å². The Kier molecular flexibility index (Phi) is 16.0. The molecule has 0 radical (unpaired) electrons. The third kappa shape index (κ3) is 15.0. The highest BCUT2D eigenvalue weighted by Crippen LogP contribution is 2.48. The minimum Gasteiger partial charge on any atom is -0.341 e. The van der Waals surface area contributed by atoms with Crippen molar-refractivity contribution in [2.45, 2.75) is 71.1 Å². The average Bonchev–Trinajstić information content (AvgIpc) is 2.35. The Labute approximate surface area is 117 Å². The molecule has 0 aliphatic rings. The van der Waals surface area contributed by atoms with E-state index in [-0.39, 0.29) is 0 Å². The fraction of sp³-hybridized carbons (Fsp3) is 1.00. The lowest BCUT2D eigenvalue weighted by atomic mass is 10.1. The smallest absolute Gasteiger partial charge is 0.246 e. The Morgan fingerprint density at radius 3 is 1.88 bits per heavy atom. The Morgan fingerprint density at radius 2 is 1.41 bits per heavy atom. The molecule has 0 spiro atoms. The van der Waals surface area contributed by atoms with Gasteiger partial charge in [0.2, 0.25) is 7.58 Å². The van der Waals surface area contributed by atoms with E-state index in [9.17, 15) is 0 Å². The van der Waals surface area contributed by atoms with Crippen molar-refractivity contribution in [3.63, 3.8) is 0 Å². The van der Waals surface area contributed by atoms with Gasteiger partial charge in [-0.05, 0) is 16.8 Å². The van der Waals surface area contributed by atoms with Gasteiger partial charge in [0.15, 0.2) is 0 Å². The van der Waals surface area contributed by atoms with Crippen LogP contribution in [0.15, 0.2) is 0 Å². The topological polar surface area (TPSA) is 29.5 Å². The minimum absolute atomic E-state index is 0.673. The van der Waals surface area contributed by atoms with E-state index in [1.807, 2.05) is 0 Å². The molecule has 0 rings (SSSR count). The second kappa shape index (κ2) is 15.1. The molecule has 2 nitrogen and oxygen atoms in total. The molecule has 0 aromatic heterocycles. The molecule has 0 saturated heterocycles. The summed E-state index contributed by atoms with van der Waals surface area (Å²) in [7, 11) is -0.235. The molecule has 0 aliphatic heterocycles. The van der Waals surface area contributed by atoms with E-state index >= 15 is 0 Å². The van der Waals surface area contributed by atoms with Crippen LogP contribution in [0.3, 0.4) is 0 Å². The molecule has 104 valence electrons. The molecule has 0 aromatic carbocycles. The first kappa shape index (κ1) is 18.0. The zero-order valence-electron chi connectivity index (χ0n) is 10.9. The Balaban J connectivity index is 2.94. The lowest BCUT2D eigenvalue weighted by molar-refractivity contribution is 0.309. The molecule has 5 heteroatoms. The molecule has 1 unspecified atom stereocenters. The first-order chi connectivity index (χ1) is 8.31. The zero-order chi connectivity index (χ0) is 12.8. The minimum atomic E-state index is -1.33. The lowest BCUT2D eigenvalue weighted by Gasteiger charge is -2.06. The molecule has 1 N–H and O–H groups in total. The van der Waals surface area contributed by atoms with Crippen LogP contribution in [0.1, 0.15) is 71.1 Å². The maximum Gasteiger partial charge on any atom is 0.246 e. The van der Waals surface area contributed by atoms with E-state index in [1.54, 1.807) is 0 Å². The van der Waals surface area contributed by atoms with Gasteiger partial charge >= 0.3 is 0 Å².